The van der Waals surface area contributed by atoms with E-state index in [9.17, 15) is 19.2 Å². The second-order valence-electron chi connectivity index (χ2n) is 13.3. The third-order valence-electron chi connectivity index (χ3n) is 8.39. The number of amides is 3. The Morgan fingerprint density at radius 2 is 1.02 bits per heavy atom. The van der Waals surface area contributed by atoms with Gasteiger partial charge in [-0.1, -0.05) is 97.8 Å². The van der Waals surface area contributed by atoms with Gasteiger partial charge in [-0.3, -0.25) is 19.2 Å². The minimum absolute atomic E-state index is 0.0396. The first-order valence-electron chi connectivity index (χ1n) is 19.6. The molecule has 0 radical (unpaired) electrons. The summed E-state index contributed by atoms with van der Waals surface area (Å²) in [4.78, 5) is 47.9. The van der Waals surface area contributed by atoms with Crippen molar-refractivity contribution in [1.29, 1.82) is 0 Å². The lowest BCUT2D eigenvalue weighted by Crippen LogP contribution is -2.43. The van der Waals surface area contributed by atoms with E-state index in [1.54, 1.807) is 7.05 Å². The number of rotatable bonds is 38. The second kappa shape index (κ2) is 36.7. The van der Waals surface area contributed by atoms with Crippen LogP contribution in [0, 0.1) is 5.92 Å². The van der Waals surface area contributed by atoms with Crippen LogP contribution in [0.2, 0.25) is 0 Å². The minimum Gasteiger partial charge on any atom is -0.377 e. The number of carbonyl (C=O) groups excluding carboxylic acids is 4. The molecule has 0 aromatic heterocycles. The number of ether oxygens (including phenoxy) is 4. The van der Waals surface area contributed by atoms with Crippen molar-refractivity contribution in [2.45, 2.75) is 136 Å². The maximum Gasteiger partial charge on any atom is 0.246 e. The Balaban J connectivity index is 3.56. The van der Waals surface area contributed by atoms with Crippen molar-refractivity contribution in [1.82, 2.24) is 21.3 Å². The first kappa shape index (κ1) is 47.9. The van der Waals surface area contributed by atoms with Crippen LogP contribution in [0.4, 0.5) is 0 Å². The molecule has 0 saturated heterocycles. The summed E-state index contributed by atoms with van der Waals surface area (Å²) in [5.41, 5.74) is 0. The Morgan fingerprint density at radius 3 is 1.58 bits per heavy atom. The number of hydrogen-bond acceptors (Lipinski definition) is 9. The van der Waals surface area contributed by atoms with Gasteiger partial charge in [0, 0.05) is 32.0 Å². The Kier molecular flexibility index (Phi) is 35.1. The van der Waals surface area contributed by atoms with Gasteiger partial charge in [0.2, 0.25) is 17.7 Å². The second-order valence-corrected chi connectivity index (χ2v) is 13.3. The van der Waals surface area contributed by atoms with Gasteiger partial charge in [0.15, 0.2) is 5.78 Å². The van der Waals surface area contributed by atoms with Gasteiger partial charge < -0.3 is 40.2 Å². The lowest BCUT2D eigenvalue weighted by molar-refractivity contribution is -0.128. The van der Waals surface area contributed by atoms with E-state index in [0.717, 1.165) is 25.7 Å². The molecule has 0 aliphatic heterocycles. The van der Waals surface area contributed by atoms with Gasteiger partial charge in [-0.2, -0.15) is 0 Å². The van der Waals surface area contributed by atoms with Crippen molar-refractivity contribution in [3.05, 3.63) is 0 Å². The first-order chi connectivity index (χ1) is 24.3. The Labute approximate surface area is 304 Å². The summed E-state index contributed by atoms with van der Waals surface area (Å²) in [5, 5.41) is 11.7. The average Bonchev–Trinajstić information content (AvgIpc) is 3.10. The van der Waals surface area contributed by atoms with Gasteiger partial charge in [0.25, 0.3) is 0 Å². The molecule has 0 rings (SSSR count). The smallest absolute Gasteiger partial charge is 0.246 e. The molecule has 0 saturated carbocycles. The van der Waals surface area contributed by atoms with Crippen LogP contribution in [0.3, 0.4) is 0 Å². The van der Waals surface area contributed by atoms with Crippen molar-refractivity contribution in [3.63, 3.8) is 0 Å². The van der Waals surface area contributed by atoms with Crippen molar-refractivity contribution in [2.24, 2.45) is 5.92 Å². The molecule has 12 heteroatoms. The fourth-order valence-corrected chi connectivity index (χ4v) is 5.13. The molecular formula is C38H74N4O8. The molecule has 1 unspecified atom stereocenters. The molecule has 50 heavy (non-hydrogen) atoms. The molecule has 0 aliphatic carbocycles. The maximum atomic E-state index is 12.5. The Bertz CT molecular complexity index is 831. The summed E-state index contributed by atoms with van der Waals surface area (Å²) in [6.07, 6.45) is 19.8. The van der Waals surface area contributed by atoms with Gasteiger partial charge in [-0.15, -0.1) is 0 Å². The van der Waals surface area contributed by atoms with Crippen LogP contribution in [0.25, 0.3) is 0 Å². The zero-order chi connectivity index (χ0) is 36.9. The lowest BCUT2D eigenvalue weighted by Gasteiger charge is -2.16. The zero-order valence-electron chi connectivity index (χ0n) is 32.2. The topological polar surface area (TPSA) is 153 Å². The fourth-order valence-electron chi connectivity index (χ4n) is 5.13. The fraction of sp³-hybridized carbons (Fsp3) is 0.895. The number of hydrogen-bond donors (Lipinski definition) is 4. The van der Waals surface area contributed by atoms with Crippen LogP contribution in [-0.4, -0.2) is 109 Å². The third-order valence-corrected chi connectivity index (χ3v) is 8.39. The van der Waals surface area contributed by atoms with Crippen LogP contribution in [0.15, 0.2) is 0 Å². The van der Waals surface area contributed by atoms with Gasteiger partial charge in [0.05, 0.1) is 45.7 Å². The molecule has 0 aromatic carbocycles. The van der Waals surface area contributed by atoms with Crippen LogP contribution < -0.4 is 21.3 Å². The molecule has 3 amide bonds. The highest BCUT2D eigenvalue weighted by molar-refractivity contribution is 5.82. The largest absolute Gasteiger partial charge is 0.377 e. The van der Waals surface area contributed by atoms with Crippen molar-refractivity contribution in [2.75, 3.05) is 79.5 Å². The summed E-state index contributed by atoms with van der Waals surface area (Å²) in [5.74, 6) is -0.175. The number of ketones is 1. The lowest BCUT2D eigenvalue weighted by atomic mass is 10.0. The highest BCUT2D eigenvalue weighted by Crippen LogP contribution is 2.13. The van der Waals surface area contributed by atoms with E-state index in [1.165, 1.54) is 70.6 Å². The van der Waals surface area contributed by atoms with Gasteiger partial charge in [0.1, 0.15) is 13.2 Å². The maximum absolute atomic E-state index is 12.5. The summed E-state index contributed by atoms with van der Waals surface area (Å²) < 4.78 is 21.4. The van der Waals surface area contributed by atoms with Crippen LogP contribution in [0.5, 0.6) is 0 Å². The molecular weight excluding hydrogens is 640 g/mol. The quantitative estimate of drug-likeness (QED) is 0.0657. The Morgan fingerprint density at radius 1 is 0.520 bits per heavy atom. The van der Waals surface area contributed by atoms with Gasteiger partial charge in [-0.25, -0.2) is 0 Å². The van der Waals surface area contributed by atoms with Crippen molar-refractivity contribution >= 4 is 23.5 Å². The number of unbranched alkanes of at least 4 members (excludes halogenated alkanes) is 13. The molecule has 12 nitrogen and oxygen atoms in total. The Hall–Kier alpha value is -2.12. The van der Waals surface area contributed by atoms with Crippen LogP contribution >= 0.6 is 0 Å². The van der Waals surface area contributed by atoms with Gasteiger partial charge in [-0.05, 0) is 32.7 Å². The monoisotopic (exact) mass is 715 g/mol. The van der Waals surface area contributed by atoms with E-state index in [1.807, 2.05) is 13.8 Å². The van der Waals surface area contributed by atoms with Crippen molar-refractivity contribution in [3.8, 4) is 0 Å². The van der Waals surface area contributed by atoms with E-state index in [4.69, 9.17) is 18.9 Å². The normalized spacial score (nSPS) is 11.9. The van der Waals surface area contributed by atoms with E-state index >= 15 is 0 Å². The number of nitrogens with one attached hydrogen (secondary N) is 4. The zero-order valence-corrected chi connectivity index (χ0v) is 32.2. The molecule has 0 aliphatic rings. The third kappa shape index (κ3) is 33.0. The molecule has 0 bridgehead atoms. The molecule has 294 valence electrons. The highest BCUT2D eigenvalue weighted by Gasteiger charge is 2.15. The molecule has 0 fully saturated rings. The van der Waals surface area contributed by atoms with Crippen molar-refractivity contribution < 1.29 is 38.1 Å². The highest BCUT2D eigenvalue weighted by atomic mass is 16.5. The molecule has 1 atom stereocenters. The van der Waals surface area contributed by atoms with E-state index in [0.29, 0.717) is 65.5 Å². The number of Topliss-reactive ketones (excluding diaryl/α,β-unsaturated/α-hetero) is 1. The molecule has 0 spiro atoms. The number of likely N-dealkylation sites (N-methyl/N-ethyl adjacent to an activating group) is 1. The van der Waals surface area contributed by atoms with E-state index < -0.39 is 0 Å². The minimum atomic E-state index is -0.294. The average molecular weight is 715 g/mol. The van der Waals surface area contributed by atoms with E-state index in [2.05, 4.69) is 28.2 Å². The molecule has 0 heterocycles. The molecule has 0 aromatic rings. The van der Waals surface area contributed by atoms with Gasteiger partial charge >= 0.3 is 0 Å². The summed E-state index contributed by atoms with van der Waals surface area (Å²) in [6.45, 7) is 9.26. The standard InChI is InChI=1S/C38H74N4O8/c1-5-6-7-8-9-10-11-12-13-14-15-16-17-21-36(44)40-22-19-18-20-34(39-4)38(46)42-24-26-48-28-30-50-32-37(45)41-23-25-47-27-29-49-31-35(43)33(2)3/h33-34,39H,5-32H2,1-4H3,(H,40,44)(H,41,45)(H,42,46). The first-order valence-corrected chi connectivity index (χ1v) is 19.6. The van der Waals surface area contributed by atoms with E-state index in [-0.39, 0.29) is 55.3 Å². The van der Waals surface area contributed by atoms with Crippen LogP contribution in [0.1, 0.15) is 130 Å². The predicted octanol–water partition coefficient (Wildman–Crippen LogP) is 4.87. The summed E-state index contributed by atoms with van der Waals surface area (Å²) >= 11 is 0. The summed E-state index contributed by atoms with van der Waals surface area (Å²) in [7, 11) is 1.77. The number of carbonyl (C=O) groups is 4. The SMILES string of the molecule is CCCCCCCCCCCCCCCC(=O)NCCCCC(NC)C(=O)NCCOCCOCC(=O)NCCOCCOCC(=O)C(C)C. The summed E-state index contributed by atoms with van der Waals surface area (Å²) in [6, 6.07) is -0.294. The van der Waals surface area contributed by atoms with Crippen LogP contribution in [-0.2, 0) is 38.1 Å². The molecule has 4 N–H and O–H groups in total. The predicted molar refractivity (Wildman–Crippen MR) is 199 cm³/mol.